The summed E-state index contributed by atoms with van der Waals surface area (Å²) in [5.74, 6) is 0. The Hall–Kier alpha value is -2.08. The smallest absolute Gasteiger partial charge is 0.407 e. The molecule has 1 amide bonds. The van der Waals surface area contributed by atoms with Crippen LogP contribution in [0.15, 0.2) is 23.7 Å². The molecule has 19 heavy (non-hydrogen) atoms. The fraction of sp³-hybridized carbons (Fsp3) is 0.231. The molecule has 0 spiro atoms. The molecule has 0 atom stereocenters. The molecular weight excluding hydrogens is 262 g/mol. The standard InChI is InChI=1S/C13H13N3O2S/c14-9-1-2-10-12(15-7-19-10)11(9)8-3-5-16(6-4-8)13(17)18/h1-3,7H,4-6,14H2,(H,17,18). The molecule has 1 aromatic heterocycles. The molecule has 2 aromatic rings. The van der Waals surface area contributed by atoms with Gasteiger partial charge in [-0.3, -0.25) is 0 Å². The van der Waals surface area contributed by atoms with E-state index in [1.807, 2.05) is 18.2 Å². The first kappa shape index (κ1) is 12.0. The third kappa shape index (κ3) is 2.04. The molecule has 6 heteroatoms. The predicted molar refractivity (Wildman–Crippen MR) is 76.2 cm³/mol. The number of thiazole rings is 1. The second-order valence-corrected chi connectivity index (χ2v) is 5.32. The van der Waals surface area contributed by atoms with Crippen LogP contribution in [0.3, 0.4) is 0 Å². The molecule has 0 unspecified atom stereocenters. The summed E-state index contributed by atoms with van der Waals surface area (Å²) < 4.78 is 1.10. The van der Waals surface area contributed by atoms with Crippen molar-refractivity contribution >= 4 is 38.9 Å². The number of hydrogen-bond donors (Lipinski definition) is 2. The maximum absolute atomic E-state index is 10.9. The van der Waals surface area contributed by atoms with Gasteiger partial charge in [0.05, 0.1) is 15.7 Å². The number of aromatic nitrogens is 1. The molecule has 1 aliphatic heterocycles. The van der Waals surface area contributed by atoms with Gasteiger partial charge in [-0.15, -0.1) is 11.3 Å². The number of nitrogen functional groups attached to an aromatic ring is 1. The SMILES string of the molecule is Nc1ccc2scnc2c1C1=CCN(C(=O)O)CC1. The lowest BCUT2D eigenvalue weighted by Gasteiger charge is -2.24. The van der Waals surface area contributed by atoms with E-state index in [4.69, 9.17) is 10.8 Å². The highest BCUT2D eigenvalue weighted by molar-refractivity contribution is 7.16. The Morgan fingerprint density at radius 3 is 3.00 bits per heavy atom. The average Bonchev–Trinajstić information content (AvgIpc) is 2.87. The van der Waals surface area contributed by atoms with Gasteiger partial charge < -0.3 is 15.7 Å². The van der Waals surface area contributed by atoms with E-state index in [1.54, 1.807) is 16.8 Å². The molecule has 5 nitrogen and oxygen atoms in total. The Morgan fingerprint density at radius 1 is 1.47 bits per heavy atom. The summed E-state index contributed by atoms with van der Waals surface area (Å²) in [6.07, 6.45) is 1.73. The maximum atomic E-state index is 10.9. The fourth-order valence-corrected chi connectivity index (χ4v) is 3.04. The van der Waals surface area contributed by atoms with Gasteiger partial charge in [-0.2, -0.15) is 0 Å². The largest absolute Gasteiger partial charge is 0.465 e. The summed E-state index contributed by atoms with van der Waals surface area (Å²) in [7, 11) is 0. The summed E-state index contributed by atoms with van der Waals surface area (Å²) in [5, 5.41) is 8.95. The van der Waals surface area contributed by atoms with Crippen molar-refractivity contribution in [2.24, 2.45) is 0 Å². The number of fused-ring (bicyclic) bond motifs is 1. The highest BCUT2D eigenvalue weighted by Gasteiger charge is 2.20. The minimum atomic E-state index is -0.880. The van der Waals surface area contributed by atoms with Crippen molar-refractivity contribution in [1.82, 2.24) is 9.88 Å². The highest BCUT2D eigenvalue weighted by atomic mass is 32.1. The van der Waals surface area contributed by atoms with Crippen LogP contribution >= 0.6 is 11.3 Å². The molecule has 0 aliphatic carbocycles. The first-order chi connectivity index (χ1) is 9.16. The van der Waals surface area contributed by atoms with Crippen LogP contribution in [-0.4, -0.2) is 34.2 Å². The number of nitrogens with zero attached hydrogens (tertiary/aromatic N) is 2. The zero-order chi connectivity index (χ0) is 13.4. The lowest BCUT2D eigenvalue weighted by Crippen LogP contribution is -2.33. The molecule has 98 valence electrons. The van der Waals surface area contributed by atoms with Gasteiger partial charge in [0, 0.05) is 24.3 Å². The van der Waals surface area contributed by atoms with Crippen molar-refractivity contribution < 1.29 is 9.90 Å². The van der Waals surface area contributed by atoms with Crippen molar-refractivity contribution in [1.29, 1.82) is 0 Å². The number of anilines is 1. The Bertz CT molecular complexity index is 678. The Balaban J connectivity index is 2.03. The van der Waals surface area contributed by atoms with Crippen molar-refractivity contribution in [2.75, 3.05) is 18.8 Å². The van der Waals surface area contributed by atoms with Crippen LogP contribution in [0.25, 0.3) is 15.8 Å². The van der Waals surface area contributed by atoms with Crippen LogP contribution in [0.2, 0.25) is 0 Å². The van der Waals surface area contributed by atoms with Crippen molar-refractivity contribution in [2.45, 2.75) is 6.42 Å². The van der Waals surface area contributed by atoms with Gasteiger partial charge in [0.2, 0.25) is 0 Å². The van der Waals surface area contributed by atoms with Crippen LogP contribution < -0.4 is 5.73 Å². The van der Waals surface area contributed by atoms with Gasteiger partial charge >= 0.3 is 6.09 Å². The summed E-state index contributed by atoms with van der Waals surface area (Å²) in [5.41, 5.74) is 11.5. The van der Waals surface area contributed by atoms with E-state index in [1.165, 1.54) is 4.90 Å². The quantitative estimate of drug-likeness (QED) is 0.784. The van der Waals surface area contributed by atoms with E-state index in [2.05, 4.69) is 4.98 Å². The highest BCUT2D eigenvalue weighted by Crippen LogP contribution is 2.34. The Morgan fingerprint density at radius 2 is 2.32 bits per heavy atom. The van der Waals surface area contributed by atoms with Gasteiger partial charge in [-0.25, -0.2) is 9.78 Å². The van der Waals surface area contributed by atoms with E-state index in [0.29, 0.717) is 25.2 Å². The normalized spacial score (nSPS) is 15.6. The molecule has 3 N–H and O–H groups in total. The van der Waals surface area contributed by atoms with Crippen LogP contribution in [-0.2, 0) is 0 Å². The molecule has 0 radical (unpaired) electrons. The molecular formula is C13H13N3O2S. The van der Waals surface area contributed by atoms with Gasteiger partial charge in [0.1, 0.15) is 0 Å². The first-order valence-electron chi connectivity index (χ1n) is 5.96. The molecule has 1 aromatic carbocycles. The van der Waals surface area contributed by atoms with Gasteiger partial charge in [-0.1, -0.05) is 6.08 Å². The second kappa shape index (κ2) is 4.55. The first-order valence-corrected chi connectivity index (χ1v) is 6.83. The Labute approximate surface area is 114 Å². The summed E-state index contributed by atoms with van der Waals surface area (Å²) in [6, 6.07) is 3.86. The summed E-state index contributed by atoms with van der Waals surface area (Å²) >= 11 is 1.58. The maximum Gasteiger partial charge on any atom is 0.407 e. The lowest BCUT2D eigenvalue weighted by molar-refractivity contribution is 0.150. The lowest BCUT2D eigenvalue weighted by atomic mass is 9.97. The number of nitrogens with two attached hydrogens (primary N) is 1. The number of carboxylic acid groups (broad SMARTS) is 1. The van der Waals surface area contributed by atoms with Gasteiger partial charge in [-0.05, 0) is 24.1 Å². The van der Waals surface area contributed by atoms with E-state index < -0.39 is 6.09 Å². The van der Waals surface area contributed by atoms with Gasteiger partial charge in [0.15, 0.2) is 0 Å². The van der Waals surface area contributed by atoms with Gasteiger partial charge in [0.25, 0.3) is 0 Å². The van der Waals surface area contributed by atoms with Crippen molar-refractivity contribution in [3.05, 3.63) is 29.3 Å². The number of amides is 1. The van der Waals surface area contributed by atoms with Crippen molar-refractivity contribution in [3.8, 4) is 0 Å². The van der Waals surface area contributed by atoms with E-state index in [0.717, 1.165) is 21.4 Å². The predicted octanol–water partition coefficient (Wildman–Crippen LogP) is 2.65. The number of carbonyl (C=O) groups is 1. The third-order valence-electron chi connectivity index (χ3n) is 3.34. The van der Waals surface area contributed by atoms with E-state index in [9.17, 15) is 4.79 Å². The van der Waals surface area contributed by atoms with Crippen molar-refractivity contribution in [3.63, 3.8) is 0 Å². The third-order valence-corrected chi connectivity index (χ3v) is 4.13. The number of benzene rings is 1. The molecule has 0 fully saturated rings. The van der Waals surface area contributed by atoms with Crippen LogP contribution in [0, 0.1) is 0 Å². The van der Waals surface area contributed by atoms with Crippen LogP contribution in [0.5, 0.6) is 0 Å². The number of hydrogen-bond acceptors (Lipinski definition) is 4. The monoisotopic (exact) mass is 275 g/mol. The molecule has 0 saturated carbocycles. The second-order valence-electron chi connectivity index (χ2n) is 4.44. The minimum absolute atomic E-state index is 0.407. The zero-order valence-corrected chi connectivity index (χ0v) is 11.0. The van der Waals surface area contributed by atoms with Crippen LogP contribution in [0.4, 0.5) is 10.5 Å². The molecule has 1 aliphatic rings. The molecule has 0 bridgehead atoms. The summed E-state index contributed by atoms with van der Waals surface area (Å²) in [6.45, 7) is 0.908. The summed E-state index contributed by atoms with van der Waals surface area (Å²) in [4.78, 5) is 16.7. The van der Waals surface area contributed by atoms with E-state index >= 15 is 0 Å². The van der Waals surface area contributed by atoms with Crippen LogP contribution in [0.1, 0.15) is 12.0 Å². The minimum Gasteiger partial charge on any atom is -0.465 e. The topological polar surface area (TPSA) is 79.5 Å². The zero-order valence-electron chi connectivity index (χ0n) is 10.2. The molecule has 0 saturated heterocycles. The fourth-order valence-electron chi connectivity index (χ4n) is 2.35. The Kier molecular flexibility index (Phi) is 2.87. The molecule has 3 rings (SSSR count). The molecule has 2 heterocycles. The average molecular weight is 275 g/mol. The van der Waals surface area contributed by atoms with E-state index in [-0.39, 0.29) is 0 Å². The number of rotatable bonds is 1.